The maximum atomic E-state index is 13.5. The lowest BCUT2D eigenvalue weighted by atomic mass is 9.53. The number of hydrazine groups is 1. The van der Waals surface area contributed by atoms with E-state index in [2.05, 4.69) is 31.3 Å². The van der Waals surface area contributed by atoms with Crippen LogP contribution in [0.3, 0.4) is 0 Å². The van der Waals surface area contributed by atoms with Crippen LogP contribution in [0.15, 0.2) is 10.7 Å². The zero-order chi connectivity index (χ0) is 26.6. The van der Waals surface area contributed by atoms with Crippen molar-refractivity contribution in [3.05, 3.63) is 16.5 Å². The van der Waals surface area contributed by atoms with Crippen molar-refractivity contribution in [1.82, 2.24) is 15.4 Å². The molecule has 11 heteroatoms. The normalized spacial score (nSPS) is 39.2. The third-order valence-corrected chi connectivity index (χ3v) is 10.8. The molecule has 8 rings (SSSR count). The molecule has 6 saturated carbocycles. The lowest BCUT2D eigenvalue weighted by Gasteiger charge is -2.60. The first-order chi connectivity index (χ1) is 19.0. The van der Waals surface area contributed by atoms with Gasteiger partial charge in [-0.15, -0.1) is 0 Å². The Labute approximate surface area is 237 Å². The third-order valence-electron chi connectivity index (χ3n) is 10.3. The van der Waals surface area contributed by atoms with E-state index in [-0.39, 0.29) is 17.6 Å². The second-order valence-corrected chi connectivity index (χ2v) is 13.6. The summed E-state index contributed by atoms with van der Waals surface area (Å²) < 4.78 is 0.638. The number of rotatable bonds is 5. The molecule has 0 atom stereocenters. The Bertz CT molecular complexity index is 1110. The molecule has 1 saturated heterocycles. The monoisotopic (exact) mass is 601 g/mol. The maximum absolute atomic E-state index is 13.5. The Hall–Kier alpha value is -1.84. The van der Waals surface area contributed by atoms with Gasteiger partial charge in [0, 0.05) is 43.3 Å². The lowest BCUT2D eigenvalue weighted by molar-refractivity contribution is -0.680. The second-order valence-electron chi connectivity index (χ2n) is 12.8. The molecule has 0 radical (unpaired) electrons. The number of carbonyl (C=O) groups excluding carboxylic acids is 1. The molecule has 1 aromatic rings. The fourth-order valence-corrected chi connectivity index (χ4v) is 8.78. The topological polar surface area (TPSA) is 119 Å². The van der Waals surface area contributed by atoms with E-state index in [0.29, 0.717) is 60.3 Å². The number of carbonyl (C=O) groups is 1. The van der Waals surface area contributed by atoms with Gasteiger partial charge in [0.25, 0.3) is 0 Å². The van der Waals surface area contributed by atoms with Gasteiger partial charge in [-0.3, -0.25) is 15.2 Å². The summed E-state index contributed by atoms with van der Waals surface area (Å²) >= 11 is 3.51. The van der Waals surface area contributed by atoms with E-state index in [1.807, 2.05) is 6.07 Å². The fraction of sp³-hybridized carbons (Fsp3) is 0.786. The number of anilines is 1. The first kappa shape index (κ1) is 26.1. The summed E-state index contributed by atoms with van der Waals surface area (Å²) in [5.74, 6) is 1.29. The third kappa shape index (κ3) is 4.76. The van der Waals surface area contributed by atoms with Gasteiger partial charge in [0.05, 0.1) is 4.47 Å². The molecular formula is C28H36BrN5O5. The van der Waals surface area contributed by atoms with Crippen molar-refractivity contribution in [1.29, 1.82) is 5.26 Å². The zero-order valence-corrected chi connectivity index (χ0v) is 23.7. The highest BCUT2D eigenvalue weighted by atomic mass is 79.9. The fourth-order valence-electron chi connectivity index (χ4n) is 8.37. The van der Waals surface area contributed by atoms with Crippen LogP contribution in [0.2, 0.25) is 0 Å². The summed E-state index contributed by atoms with van der Waals surface area (Å²) in [6, 6.07) is 2.00. The van der Waals surface area contributed by atoms with Crippen LogP contribution in [0.4, 0.5) is 5.82 Å². The number of hydrogen-bond acceptors (Lipinski definition) is 9. The highest BCUT2D eigenvalue weighted by Gasteiger charge is 2.64. The van der Waals surface area contributed by atoms with E-state index in [1.165, 1.54) is 19.3 Å². The molecule has 0 aromatic carbocycles. The SMILES string of the molecule is N#Cc1ncc(Br)c(N(CC2CCCC2)NC(=O)C2CCC3(CC2)OOC2(OO3)C3CC4CC(C3)CC2C4)n1. The van der Waals surface area contributed by atoms with Crippen LogP contribution in [0.25, 0.3) is 0 Å². The van der Waals surface area contributed by atoms with Gasteiger partial charge in [0.2, 0.25) is 23.3 Å². The summed E-state index contributed by atoms with van der Waals surface area (Å²) in [7, 11) is 0. The van der Waals surface area contributed by atoms with E-state index in [9.17, 15) is 10.1 Å². The first-order valence-electron chi connectivity index (χ1n) is 14.7. The number of nitrogens with zero attached hydrogens (tertiary/aromatic N) is 4. The van der Waals surface area contributed by atoms with Gasteiger partial charge in [-0.1, -0.05) is 12.8 Å². The molecular weight excluding hydrogens is 566 g/mol. The average Bonchev–Trinajstić information content (AvgIpc) is 3.46. The van der Waals surface area contributed by atoms with E-state index in [1.54, 1.807) is 11.2 Å². The minimum Gasteiger partial charge on any atom is -0.273 e. The standard InChI is InChI=1S/C28H36BrN5O5/c29-23-15-31-24(14-30)32-25(23)34(16-17-3-1-2-4-17)33-26(35)20-5-7-27(8-6-20)36-38-28(39-37-27)21-10-18-9-19(12-21)13-22(28)11-18/h15,17-22H,1-13,16H2,(H,33,35). The summed E-state index contributed by atoms with van der Waals surface area (Å²) in [6.45, 7) is 0.642. The van der Waals surface area contributed by atoms with Crippen molar-refractivity contribution in [3.8, 4) is 6.07 Å². The smallest absolute Gasteiger partial charge is 0.241 e. The van der Waals surface area contributed by atoms with Crippen molar-refractivity contribution < 1.29 is 24.3 Å². The van der Waals surface area contributed by atoms with Crippen LogP contribution in [0.1, 0.15) is 89.3 Å². The Morgan fingerprint density at radius 2 is 1.67 bits per heavy atom. The van der Waals surface area contributed by atoms with Gasteiger partial charge in [0.15, 0.2) is 5.82 Å². The molecule has 10 nitrogen and oxygen atoms in total. The molecule has 1 amide bonds. The number of nitriles is 1. The van der Waals surface area contributed by atoms with Crippen LogP contribution in [-0.4, -0.2) is 34.0 Å². The van der Waals surface area contributed by atoms with E-state index in [0.717, 1.165) is 50.4 Å². The van der Waals surface area contributed by atoms with Crippen LogP contribution < -0.4 is 10.4 Å². The Morgan fingerprint density at radius 1 is 1.03 bits per heavy atom. The predicted octanol–water partition coefficient (Wildman–Crippen LogP) is 5.09. The quantitative estimate of drug-likeness (QED) is 0.363. The van der Waals surface area contributed by atoms with Crippen molar-refractivity contribution >= 4 is 27.7 Å². The number of aromatic nitrogens is 2. The second kappa shape index (κ2) is 10.2. The molecule has 0 unspecified atom stereocenters. The summed E-state index contributed by atoms with van der Waals surface area (Å²) in [4.78, 5) is 46.3. The van der Waals surface area contributed by atoms with E-state index in [4.69, 9.17) is 19.6 Å². The molecule has 6 aliphatic carbocycles. The van der Waals surface area contributed by atoms with Gasteiger partial charge in [-0.2, -0.15) is 29.8 Å². The Kier molecular flexibility index (Phi) is 6.83. The molecule has 2 spiro atoms. The van der Waals surface area contributed by atoms with Gasteiger partial charge < -0.3 is 0 Å². The number of hydrogen-bond donors (Lipinski definition) is 1. The largest absolute Gasteiger partial charge is 0.273 e. The van der Waals surface area contributed by atoms with Crippen molar-refractivity contribution in [2.75, 3.05) is 11.6 Å². The van der Waals surface area contributed by atoms with Crippen molar-refractivity contribution in [2.45, 2.75) is 95.0 Å². The van der Waals surface area contributed by atoms with Crippen LogP contribution in [-0.2, 0) is 24.3 Å². The molecule has 1 N–H and O–H groups in total. The van der Waals surface area contributed by atoms with Crippen molar-refractivity contribution in [2.24, 2.45) is 35.5 Å². The van der Waals surface area contributed by atoms with E-state index < -0.39 is 11.6 Å². The molecule has 7 aliphatic rings. The highest BCUT2D eigenvalue weighted by Crippen LogP contribution is 2.62. The Balaban J connectivity index is 0.987. The van der Waals surface area contributed by atoms with Crippen LogP contribution >= 0.6 is 15.9 Å². The summed E-state index contributed by atoms with van der Waals surface area (Å²) in [5, 5.41) is 11.1. The molecule has 210 valence electrons. The lowest BCUT2D eigenvalue weighted by Crippen LogP contribution is -2.65. The molecule has 39 heavy (non-hydrogen) atoms. The van der Waals surface area contributed by atoms with Gasteiger partial charge in [-0.25, -0.2) is 4.98 Å². The number of nitrogens with one attached hydrogen (secondary N) is 1. The van der Waals surface area contributed by atoms with Gasteiger partial charge in [-0.05, 0) is 91.5 Å². The number of amides is 1. The summed E-state index contributed by atoms with van der Waals surface area (Å²) in [5.41, 5.74) is 3.12. The maximum Gasteiger partial charge on any atom is 0.241 e. The van der Waals surface area contributed by atoms with Gasteiger partial charge in [0.1, 0.15) is 6.07 Å². The summed E-state index contributed by atoms with van der Waals surface area (Å²) in [6.07, 6.45) is 14.3. The van der Waals surface area contributed by atoms with Crippen molar-refractivity contribution in [3.63, 3.8) is 0 Å². The number of halogens is 1. The molecule has 1 aliphatic heterocycles. The first-order valence-corrected chi connectivity index (χ1v) is 15.5. The average molecular weight is 603 g/mol. The highest BCUT2D eigenvalue weighted by molar-refractivity contribution is 9.10. The molecule has 4 bridgehead atoms. The molecule has 1 aromatic heterocycles. The Morgan fingerprint density at radius 3 is 2.28 bits per heavy atom. The zero-order valence-electron chi connectivity index (χ0n) is 22.1. The minimum absolute atomic E-state index is 0.0676. The molecule has 2 heterocycles. The predicted molar refractivity (Wildman–Crippen MR) is 141 cm³/mol. The van der Waals surface area contributed by atoms with E-state index >= 15 is 0 Å². The minimum atomic E-state index is -0.961. The van der Waals surface area contributed by atoms with Gasteiger partial charge >= 0.3 is 0 Å². The van der Waals surface area contributed by atoms with Crippen LogP contribution in [0.5, 0.6) is 0 Å². The van der Waals surface area contributed by atoms with Crippen LogP contribution in [0, 0.1) is 46.8 Å². The molecule has 7 fully saturated rings.